The highest BCUT2D eigenvalue weighted by atomic mass is 31.2. The molecule has 2 aromatic carbocycles. The zero-order valence-electron chi connectivity index (χ0n) is 37.8. The Hall–Kier alpha value is -4.01. The number of carbonyl (C=O) groups excluding carboxylic acids is 2. The van der Waals surface area contributed by atoms with E-state index in [1.807, 2.05) is 65.2 Å². The second-order valence-corrected chi connectivity index (χ2v) is 21.8. The quantitative estimate of drug-likeness (QED) is 0.179. The predicted octanol–water partition coefficient (Wildman–Crippen LogP) is 8.60. The van der Waals surface area contributed by atoms with E-state index in [1.165, 1.54) is 0 Å². The summed E-state index contributed by atoms with van der Waals surface area (Å²) in [5, 5.41) is 19.5. The van der Waals surface area contributed by atoms with Crippen molar-refractivity contribution in [1.29, 1.82) is 10.5 Å². The Kier molecular flexibility index (Phi) is 12.4. The monoisotopic (exact) mass is 862 g/mol. The van der Waals surface area contributed by atoms with Crippen LogP contribution < -0.4 is 9.47 Å². The summed E-state index contributed by atoms with van der Waals surface area (Å²) in [4.78, 5) is 41.5. The Morgan fingerprint density at radius 3 is 1.36 bits per heavy atom. The van der Waals surface area contributed by atoms with Crippen LogP contribution >= 0.6 is 7.82 Å². The molecule has 0 radical (unpaired) electrons. The van der Waals surface area contributed by atoms with E-state index in [0.29, 0.717) is 72.5 Å². The maximum atomic E-state index is 14.0. The summed E-state index contributed by atoms with van der Waals surface area (Å²) in [5.41, 5.74) is -4.01. The van der Waals surface area contributed by atoms with Crippen LogP contribution in [0.5, 0.6) is 11.5 Å². The fourth-order valence-corrected chi connectivity index (χ4v) is 11.6. The van der Waals surface area contributed by atoms with Gasteiger partial charge in [0.1, 0.15) is 34.9 Å². The number of fused-ring (bicyclic) bond motifs is 2. The molecule has 15 heteroatoms. The van der Waals surface area contributed by atoms with Crippen LogP contribution in [-0.4, -0.2) is 85.4 Å². The van der Waals surface area contributed by atoms with Gasteiger partial charge in [0.15, 0.2) is 0 Å². The van der Waals surface area contributed by atoms with Crippen molar-refractivity contribution >= 4 is 19.6 Å². The van der Waals surface area contributed by atoms with Crippen LogP contribution in [0, 0.1) is 22.7 Å². The fraction of sp³-hybridized carbons (Fsp3) is 0.652. The topological polar surface area (TPSA) is 181 Å². The van der Waals surface area contributed by atoms with E-state index in [0.717, 1.165) is 0 Å². The van der Waals surface area contributed by atoms with Crippen LogP contribution in [0.2, 0.25) is 0 Å². The highest BCUT2D eigenvalue weighted by Crippen LogP contribution is 2.55. The first kappa shape index (κ1) is 46.5. The van der Waals surface area contributed by atoms with Crippen LogP contribution in [0.3, 0.4) is 0 Å². The van der Waals surface area contributed by atoms with Gasteiger partial charge in [-0.2, -0.15) is 10.5 Å². The minimum absolute atomic E-state index is 0.00235. The maximum Gasteiger partial charge on any atom is 0.473 e. The fourth-order valence-electron chi connectivity index (χ4n) is 10.2. The number of benzene rings is 2. The summed E-state index contributed by atoms with van der Waals surface area (Å²) in [6, 6.07) is 13.7. The number of amides is 2. The Bertz CT molecular complexity index is 2020. The van der Waals surface area contributed by atoms with E-state index in [4.69, 9.17) is 28.0 Å². The van der Waals surface area contributed by atoms with Gasteiger partial charge in [0, 0.05) is 49.9 Å². The summed E-state index contributed by atoms with van der Waals surface area (Å²) in [6.45, 7) is 23.0. The number of nitriles is 2. The molecular weight excluding hydrogens is 799 g/mol. The van der Waals surface area contributed by atoms with Crippen LogP contribution in [0.25, 0.3) is 0 Å². The van der Waals surface area contributed by atoms with Crippen LogP contribution in [0.1, 0.15) is 156 Å². The Morgan fingerprint density at radius 1 is 0.689 bits per heavy atom. The summed E-state index contributed by atoms with van der Waals surface area (Å²) in [6.07, 6.45) is 1.18. The van der Waals surface area contributed by atoms with Gasteiger partial charge in [-0.15, -0.1) is 0 Å². The third kappa shape index (κ3) is 10.3. The molecule has 1 N–H and O–H groups in total. The molecule has 4 aliphatic heterocycles. The predicted molar refractivity (Wildman–Crippen MR) is 226 cm³/mol. The molecule has 332 valence electrons. The number of phosphoric ester groups is 1. The summed E-state index contributed by atoms with van der Waals surface area (Å²) < 4.78 is 52.7. The summed E-state index contributed by atoms with van der Waals surface area (Å²) in [5.74, 6) is 1.16. The molecule has 0 aromatic heterocycles. The van der Waals surface area contributed by atoms with Gasteiger partial charge in [0.2, 0.25) is 11.8 Å². The smallest absolute Gasteiger partial charge is 0.473 e. The van der Waals surface area contributed by atoms with E-state index in [9.17, 15) is 29.6 Å². The normalized spacial score (nSPS) is 24.8. The molecule has 6 rings (SSSR count). The molecular formula is C46H63N4O10P. The van der Waals surface area contributed by atoms with Gasteiger partial charge >= 0.3 is 7.82 Å². The lowest BCUT2D eigenvalue weighted by Gasteiger charge is -2.50. The van der Waals surface area contributed by atoms with Crippen molar-refractivity contribution in [3.63, 3.8) is 0 Å². The van der Waals surface area contributed by atoms with E-state index in [1.54, 1.807) is 64.1 Å². The minimum Gasteiger partial charge on any atom is -0.485 e. The molecule has 14 nitrogen and oxygen atoms in total. The molecule has 0 aliphatic carbocycles. The molecule has 2 aromatic rings. The summed E-state index contributed by atoms with van der Waals surface area (Å²) in [7, 11) is -4.75. The molecule has 4 unspecified atom stereocenters. The molecule has 0 saturated carbocycles. The third-order valence-electron chi connectivity index (χ3n) is 11.8. The van der Waals surface area contributed by atoms with Gasteiger partial charge in [-0.1, -0.05) is 0 Å². The van der Waals surface area contributed by atoms with E-state index >= 15 is 0 Å². The van der Waals surface area contributed by atoms with Gasteiger partial charge in [-0.3, -0.25) is 18.6 Å². The van der Waals surface area contributed by atoms with Crippen molar-refractivity contribution in [2.24, 2.45) is 0 Å². The number of likely N-dealkylation sites (tertiary alicyclic amines) is 2. The largest absolute Gasteiger partial charge is 0.485 e. The molecule has 0 bridgehead atoms. The zero-order chi connectivity index (χ0) is 45.1. The average Bonchev–Trinajstić information content (AvgIpc) is 3.73. The molecule has 4 aliphatic rings. The number of rotatable bonds is 14. The molecule has 2 amide bonds. The van der Waals surface area contributed by atoms with Crippen molar-refractivity contribution in [3.8, 4) is 23.6 Å². The second kappa shape index (κ2) is 16.3. The number of hydrogen-bond donors (Lipinski definition) is 1. The summed E-state index contributed by atoms with van der Waals surface area (Å²) >= 11 is 0. The highest BCUT2D eigenvalue weighted by molar-refractivity contribution is 7.47. The Balaban J connectivity index is 1.17. The first-order valence-electron chi connectivity index (χ1n) is 21.2. The lowest BCUT2D eigenvalue weighted by Crippen LogP contribution is -2.58. The lowest BCUT2D eigenvalue weighted by atomic mass is 9.83. The van der Waals surface area contributed by atoms with E-state index in [-0.39, 0.29) is 24.7 Å². The van der Waals surface area contributed by atoms with Crippen LogP contribution in [0.15, 0.2) is 36.4 Å². The van der Waals surface area contributed by atoms with E-state index in [2.05, 4.69) is 12.1 Å². The molecule has 4 heterocycles. The number of ether oxygens (including phenoxy) is 4. The zero-order valence-corrected chi connectivity index (χ0v) is 38.7. The molecule has 4 atom stereocenters. The number of nitrogens with zero attached hydrogens (tertiary/aromatic N) is 4. The van der Waals surface area contributed by atoms with Crippen LogP contribution in [0.4, 0.5) is 0 Å². The first-order chi connectivity index (χ1) is 28.1. The number of phosphoric acid groups is 1. The van der Waals surface area contributed by atoms with Gasteiger partial charge in [-0.25, -0.2) is 4.57 Å². The highest BCUT2D eigenvalue weighted by Gasteiger charge is 2.54. The average molecular weight is 863 g/mol. The standard InChI is InChI=1S/C46H63N4O10P/c1-41(2,57-39-37(49-21-13-15-35(49)51)31-23-29(25-47)17-19-33(31)55-45(39,9)10)27-43(5,6)59-61(53,54)60-44(7,8)28-42(3,4)58-40-38(50-22-14-16-36(50)52)32-24-30(26-48)18-20-34(32)56-46(40,11)12/h17-20,23-24,37-40H,13-16,21-22,27-28H2,1-12H3,(H,53,54). The molecule has 2 fully saturated rings. The SMILES string of the molecule is CC(C)(CC(C)(C)OP(=O)(O)OC(C)(C)CC(C)(C)OC1C(N2CCCC2=O)c2cc(C#N)ccc2OC1(C)C)OC1C(N2CCCC2=O)c2cc(C#N)ccc2OC1(C)C. The van der Waals surface area contributed by atoms with Crippen molar-refractivity contribution in [2.45, 2.75) is 180 Å². The van der Waals surface area contributed by atoms with Gasteiger partial charge in [0.25, 0.3) is 0 Å². The number of carbonyl (C=O) groups is 2. The second-order valence-electron chi connectivity index (χ2n) is 20.5. The van der Waals surface area contributed by atoms with Gasteiger partial charge < -0.3 is 33.6 Å². The Morgan fingerprint density at radius 2 is 1.05 bits per heavy atom. The molecule has 0 spiro atoms. The molecule has 61 heavy (non-hydrogen) atoms. The lowest BCUT2D eigenvalue weighted by molar-refractivity contribution is -0.196. The van der Waals surface area contributed by atoms with Gasteiger partial charge in [-0.05, 0) is 132 Å². The molecule has 2 saturated heterocycles. The van der Waals surface area contributed by atoms with Crippen molar-refractivity contribution in [1.82, 2.24) is 9.80 Å². The van der Waals surface area contributed by atoms with Crippen molar-refractivity contribution in [2.75, 3.05) is 13.1 Å². The minimum atomic E-state index is -4.75. The van der Waals surface area contributed by atoms with E-state index < -0.39 is 65.7 Å². The Labute approximate surface area is 361 Å². The maximum absolute atomic E-state index is 14.0. The van der Waals surface area contributed by atoms with Crippen molar-refractivity contribution in [3.05, 3.63) is 58.7 Å². The van der Waals surface area contributed by atoms with Gasteiger partial charge in [0.05, 0.1) is 57.8 Å². The third-order valence-corrected chi connectivity index (χ3v) is 13.3. The van der Waals surface area contributed by atoms with Crippen LogP contribution in [-0.2, 0) is 32.7 Å². The first-order valence-corrected chi connectivity index (χ1v) is 22.7. The number of hydrogen-bond acceptors (Lipinski definition) is 11. The van der Waals surface area contributed by atoms with Crippen molar-refractivity contribution < 1.29 is 47.0 Å².